The lowest BCUT2D eigenvalue weighted by Gasteiger charge is -2.36. The number of rotatable bonds is 7. The number of ether oxygens (including phenoxy) is 1. The van der Waals surface area contributed by atoms with E-state index in [1.807, 2.05) is 12.1 Å². The summed E-state index contributed by atoms with van der Waals surface area (Å²) in [5.74, 6) is 0. The lowest BCUT2D eigenvalue weighted by molar-refractivity contribution is -0.00521. The molecule has 2 atom stereocenters. The van der Waals surface area contributed by atoms with Crippen molar-refractivity contribution in [1.82, 2.24) is 5.32 Å². The van der Waals surface area contributed by atoms with E-state index in [0.717, 1.165) is 31.7 Å². The second kappa shape index (κ2) is 9.52. The number of amides is 2. The molecule has 0 spiro atoms. The third kappa shape index (κ3) is 6.04. The van der Waals surface area contributed by atoms with Crippen LogP contribution in [0.25, 0.3) is 0 Å². The summed E-state index contributed by atoms with van der Waals surface area (Å²) in [5, 5.41) is 5.79. The second-order valence-corrected chi connectivity index (χ2v) is 6.65. The topological polar surface area (TPSA) is 53.6 Å². The van der Waals surface area contributed by atoms with Crippen molar-refractivity contribution in [1.29, 1.82) is 0 Å². The Hall–Kier alpha value is -1.75. The lowest BCUT2D eigenvalue weighted by Crippen LogP contribution is -2.45. The molecule has 0 aromatic heterocycles. The van der Waals surface area contributed by atoms with Gasteiger partial charge < -0.3 is 20.3 Å². The molecule has 1 aromatic carbocycles. The van der Waals surface area contributed by atoms with E-state index in [1.54, 1.807) is 0 Å². The van der Waals surface area contributed by atoms with E-state index in [0.29, 0.717) is 0 Å². The van der Waals surface area contributed by atoms with Gasteiger partial charge in [0.05, 0.1) is 12.2 Å². The van der Waals surface area contributed by atoms with Gasteiger partial charge in [-0.2, -0.15) is 0 Å². The van der Waals surface area contributed by atoms with Gasteiger partial charge in [-0.05, 0) is 44.5 Å². The molecular weight excluding hydrogens is 302 g/mol. The minimum Gasteiger partial charge on any atom is -0.372 e. The van der Waals surface area contributed by atoms with E-state index in [4.69, 9.17) is 4.74 Å². The van der Waals surface area contributed by atoms with E-state index in [-0.39, 0.29) is 18.2 Å². The SMILES string of the molecule is CCCCCCNC(=O)Nc1ccc(N2CC(C)OC(C)C2)cc1. The predicted octanol–water partition coefficient (Wildman–Crippen LogP) is 4.00. The summed E-state index contributed by atoms with van der Waals surface area (Å²) in [6.07, 6.45) is 5.12. The van der Waals surface area contributed by atoms with Crippen LogP contribution in [-0.4, -0.2) is 37.9 Å². The number of hydrogen-bond donors (Lipinski definition) is 2. The minimum atomic E-state index is -0.132. The Morgan fingerprint density at radius 2 is 1.79 bits per heavy atom. The highest BCUT2D eigenvalue weighted by Gasteiger charge is 2.22. The van der Waals surface area contributed by atoms with Gasteiger partial charge in [0.2, 0.25) is 0 Å². The van der Waals surface area contributed by atoms with Gasteiger partial charge in [-0.1, -0.05) is 26.2 Å². The maximum Gasteiger partial charge on any atom is 0.319 e. The summed E-state index contributed by atoms with van der Waals surface area (Å²) in [4.78, 5) is 14.2. The van der Waals surface area contributed by atoms with Crippen molar-refractivity contribution in [3.05, 3.63) is 24.3 Å². The number of morpholine rings is 1. The van der Waals surface area contributed by atoms with Crippen LogP contribution < -0.4 is 15.5 Å². The van der Waals surface area contributed by atoms with Gasteiger partial charge in [0.15, 0.2) is 0 Å². The van der Waals surface area contributed by atoms with E-state index in [1.165, 1.54) is 24.9 Å². The normalized spacial score (nSPS) is 20.7. The number of unbranched alkanes of at least 4 members (excludes halogenated alkanes) is 3. The van der Waals surface area contributed by atoms with Gasteiger partial charge in [-0.25, -0.2) is 4.79 Å². The molecular formula is C19H31N3O2. The van der Waals surface area contributed by atoms with Gasteiger partial charge >= 0.3 is 6.03 Å². The summed E-state index contributed by atoms with van der Waals surface area (Å²) >= 11 is 0. The van der Waals surface area contributed by atoms with Crippen molar-refractivity contribution in [2.24, 2.45) is 0 Å². The quantitative estimate of drug-likeness (QED) is 0.742. The van der Waals surface area contributed by atoms with E-state index in [2.05, 4.69) is 48.4 Å². The molecule has 2 N–H and O–H groups in total. The number of anilines is 2. The third-order valence-electron chi connectivity index (χ3n) is 4.23. The molecule has 1 fully saturated rings. The Kier molecular flexibility index (Phi) is 7.37. The fourth-order valence-electron chi connectivity index (χ4n) is 3.07. The first kappa shape index (κ1) is 18.6. The number of benzene rings is 1. The first-order chi connectivity index (χ1) is 11.6. The first-order valence-corrected chi connectivity index (χ1v) is 9.13. The fraction of sp³-hybridized carbons (Fsp3) is 0.632. The molecule has 1 aliphatic rings. The standard InChI is InChI=1S/C19H31N3O2/c1-4-5-6-7-12-20-19(23)21-17-8-10-18(11-9-17)22-13-15(2)24-16(3)14-22/h8-11,15-16H,4-7,12-14H2,1-3H3,(H2,20,21,23). The largest absolute Gasteiger partial charge is 0.372 e. The monoisotopic (exact) mass is 333 g/mol. The molecule has 1 heterocycles. The Labute approximate surface area is 145 Å². The lowest BCUT2D eigenvalue weighted by atomic mass is 10.2. The van der Waals surface area contributed by atoms with Gasteiger partial charge in [-0.3, -0.25) is 0 Å². The molecule has 0 aliphatic carbocycles. The number of nitrogens with one attached hydrogen (secondary N) is 2. The van der Waals surface area contributed by atoms with Crippen molar-refractivity contribution < 1.29 is 9.53 Å². The second-order valence-electron chi connectivity index (χ2n) is 6.65. The number of nitrogens with zero attached hydrogens (tertiary/aromatic N) is 1. The van der Waals surface area contributed by atoms with E-state index < -0.39 is 0 Å². The van der Waals surface area contributed by atoms with Crippen molar-refractivity contribution in [2.75, 3.05) is 29.9 Å². The van der Waals surface area contributed by atoms with Crippen molar-refractivity contribution in [2.45, 2.75) is 58.7 Å². The van der Waals surface area contributed by atoms with Crippen molar-refractivity contribution in [3.63, 3.8) is 0 Å². The van der Waals surface area contributed by atoms with Gasteiger partial charge in [0.1, 0.15) is 0 Å². The maximum atomic E-state index is 11.9. The fourth-order valence-corrected chi connectivity index (χ4v) is 3.07. The van der Waals surface area contributed by atoms with Crippen molar-refractivity contribution in [3.8, 4) is 0 Å². The maximum absolute atomic E-state index is 11.9. The van der Waals surface area contributed by atoms with Crippen molar-refractivity contribution >= 4 is 17.4 Å². The zero-order valence-electron chi connectivity index (χ0n) is 15.2. The zero-order valence-corrected chi connectivity index (χ0v) is 15.2. The average Bonchev–Trinajstić information content (AvgIpc) is 2.54. The Balaban J connectivity index is 1.78. The van der Waals surface area contributed by atoms with E-state index in [9.17, 15) is 4.79 Å². The van der Waals surface area contributed by atoms with Crippen LogP contribution in [0.2, 0.25) is 0 Å². The van der Waals surface area contributed by atoms with Crippen LogP contribution in [-0.2, 0) is 4.74 Å². The van der Waals surface area contributed by atoms with Crippen LogP contribution in [0.3, 0.4) is 0 Å². The molecule has 2 amide bonds. The summed E-state index contributed by atoms with van der Waals surface area (Å²) in [7, 11) is 0. The predicted molar refractivity (Wildman–Crippen MR) is 99.8 cm³/mol. The molecule has 1 saturated heterocycles. The molecule has 2 unspecified atom stereocenters. The number of hydrogen-bond acceptors (Lipinski definition) is 3. The molecule has 1 aliphatic heterocycles. The molecule has 5 nitrogen and oxygen atoms in total. The van der Waals surface area contributed by atoms with Gasteiger partial charge in [0, 0.05) is 31.0 Å². The van der Waals surface area contributed by atoms with Crippen LogP contribution in [0.1, 0.15) is 46.5 Å². The minimum absolute atomic E-state index is 0.132. The summed E-state index contributed by atoms with van der Waals surface area (Å²) < 4.78 is 5.77. The summed E-state index contributed by atoms with van der Waals surface area (Å²) in [6.45, 7) is 8.91. The Morgan fingerprint density at radius 1 is 1.12 bits per heavy atom. The summed E-state index contributed by atoms with van der Waals surface area (Å²) in [5.41, 5.74) is 1.99. The third-order valence-corrected chi connectivity index (χ3v) is 4.23. The highest BCUT2D eigenvalue weighted by molar-refractivity contribution is 5.89. The summed E-state index contributed by atoms with van der Waals surface area (Å²) in [6, 6.07) is 7.89. The molecule has 1 aromatic rings. The molecule has 5 heteroatoms. The molecule has 134 valence electrons. The Bertz CT molecular complexity index is 494. The number of carbonyl (C=O) groups is 1. The number of carbonyl (C=O) groups excluding carboxylic acids is 1. The van der Waals surface area contributed by atoms with Crippen LogP contribution in [0.15, 0.2) is 24.3 Å². The molecule has 0 bridgehead atoms. The molecule has 2 rings (SSSR count). The van der Waals surface area contributed by atoms with Crippen LogP contribution in [0.5, 0.6) is 0 Å². The highest BCUT2D eigenvalue weighted by Crippen LogP contribution is 2.22. The average molecular weight is 333 g/mol. The smallest absolute Gasteiger partial charge is 0.319 e. The van der Waals surface area contributed by atoms with Gasteiger partial charge in [0.25, 0.3) is 0 Å². The molecule has 0 radical (unpaired) electrons. The molecule has 24 heavy (non-hydrogen) atoms. The van der Waals surface area contributed by atoms with Crippen LogP contribution >= 0.6 is 0 Å². The van der Waals surface area contributed by atoms with E-state index >= 15 is 0 Å². The van der Waals surface area contributed by atoms with Gasteiger partial charge in [-0.15, -0.1) is 0 Å². The first-order valence-electron chi connectivity index (χ1n) is 9.13. The zero-order chi connectivity index (χ0) is 17.4. The molecule has 0 saturated carbocycles. The highest BCUT2D eigenvalue weighted by atomic mass is 16.5. The number of urea groups is 1. The van der Waals surface area contributed by atoms with Crippen LogP contribution in [0.4, 0.5) is 16.2 Å². The van der Waals surface area contributed by atoms with Crippen LogP contribution in [0, 0.1) is 0 Å². The Morgan fingerprint density at radius 3 is 2.42 bits per heavy atom.